The molecule has 0 fully saturated rings. The largest absolute Gasteiger partial charge is 0.310 e. The van der Waals surface area contributed by atoms with Crippen molar-refractivity contribution in [2.24, 2.45) is 0 Å². The lowest BCUT2D eigenvalue weighted by molar-refractivity contribution is 0.568. The zero-order valence-electron chi connectivity index (χ0n) is 79.4. The van der Waals surface area contributed by atoms with Crippen LogP contribution in [0.25, 0.3) is 94.3 Å². The van der Waals surface area contributed by atoms with Crippen LogP contribution in [0.4, 0.5) is 34.1 Å². The van der Waals surface area contributed by atoms with Gasteiger partial charge in [0.15, 0.2) is 0 Å². The van der Waals surface area contributed by atoms with Gasteiger partial charge in [-0.15, -0.1) is 0 Å². The molecule has 0 saturated heterocycles. The van der Waals surface area contributed by atoms with Gasteiger partial charge in [0.25, 0.3) is 6.71 Å². The van der Waals surface area contributed by atoms with Crippen LogP contribution in [-0.2, 0) is 27.1 Å². The Balaban J connectivity index is 1.16. The first kappa shape index (κ1) is 76.8. The molecule has 13 aromatic carbocycles. The Labute approximate surface area is 717 Å². The van der Waals surface area contributed by atoms with Crippen LogP contribution >= 0.6 is 0 Å². The second-order valence-corrected chi connectivity index (χ2v) is 63.7. The van der Waals surface area contributed by atoms with Crippen LogP contribution in [-0.4, -0.2) is 43.6 Å². The molecule has 0 aliphatic carbocycles. The molecular weight excluding hydrogens is 1490 g/mol. The molecule has 16 rings (SSSR count). The Bertz CT molecular complexity index is 6000. The van der Waals surface area contributed by atoms with Crippen molar-refractivity contribution in [2.45, 2.75) is 209 Å². The van der Waals surface area contributed by atoms with Crippen molar-refractivity contribution in [3.63, 3.8) is 0 Å². The van der Waals surface area contributed by atoms with E-state index in [1.807, 2.05) is 0 Å². The Morgan fingerprint density at radius 3 is 0.898 bits per heavy atom. The second kappa shape index (κ2) is 29.0. The van der Waals surface area contributed by atoms with Crippen LogP contribution in [0, 0.1) is 0 Å². The third-order valence-electron chi connectivity index (χ3n) is 25.3. The van der Waals surface area contributed by atoms with E-state index in [2.05, 4.69) is 433 Å². The number of hydrogen-bond donors (Lipinski definition) is 0. The summed E-state index contributed by atoms with van der Waals surface area (Å²) < 4.78 is 42.1. The van der Waals surface area contributed by atoms with Crippen LogP contribution in [0.15, 0.2) is 261 Å². The number of benzene rings is 13. The van der Waals surface area contributed by atoms with Crippen molar-refractivity contribution in [3.8, 4) is 72.4 Å². The second-order valence-electron chi connectivity index (χ2n) is 43.4. The van der Waals surface area contributed by atoms with Crippen LogP contribution in [0.5, 0.6) is 0 Å². The Morgan fingerprint density at radius 1 is 0.271 bits per heavy atom. The lowest BCUT2D eigenvalue weighted by Gasteiger charge is -2.46. The van der Waals surface area contributed by atoms with E-state index in [0.717, 1.165) is 117 Å². The standard InChI is InChI=1S/C110H124BN3Si4/c1-106(2,3)79-48-59-98-94(68-79)93-32-28-29-37-97(93)112(98)84-69-101-103-102(70-84)114(105-91(73-42-53-87(54-43-73)117(22,23)24)35-31-36-92(105)74-44-55-88(56-45-74)118(25,26)27)100-58-47-76(78-62-82(109(10,11)12)67-83(63-78)110(13,14)15)65-96(100)111(103)95-64-75(77-60-80(107(4,5)6)66-81(61-77)108(7,8)9)46-57-99(95)113(101)104-89(71-38-49-85(50-39-71)115(16,17)18)33-30-34-90(104)72-40-51-86(52-41-72)116(19,20)21/h28-70H,1-27H3/i28D,29D,32D,37D. The van der Waals surface area contributed by atoms with E-state index in [9.17, 15) is 5.48 Å². The molecule has 0 saturated carbocycles. The molecule has 0 unspecified atom stereocenters. The predicted octanol–water partition coefficient (Wildman–Crippen LogP) is 27.5. The Hall–Kier alpha value is -9.81. The summed E-state index contributed by atoms with van der Waals surface area (Å²) in [4.78, 5) is 5.31. The number of para-hydroxylation sites is 3. The predicted molar refractivity (Wildman–Crippen MR) is 533 cm³/mol. The first-order valence-electron chi connectivity index (χ1n) is 45.0. The van der Waals surface area contributed by atoms with Gasteiger partial charge >= 0.3 is 0 Å². The van der Waals surface area contributed by atoms with Crippen molar-refractivity contribution < 1.29 is 5.48 Å². The van der Waals surface area contributed by atoms with Gasteiger partial charge in [0, 0.05) is 55.8 Å². The van der Waals surface area contributed by atoms with Crippen molar-refractivity contribution in [3.05, 3.63) is 289 Å². The molecule has 118 heavy (non-hydrogen) atoms. The molecule has 0 bridgehead atoms. The van der Waals surface area contributed by atoms with Gasteiger partial charge < -0.3 is 14.4 Å². The Morgan fingerprint density at radius 2 is 0.585 bits per heavy atom. The van der Waals surface area contributed by atoms with E-state index >= 15 is 0 Å². The van der Waals surface area contributed by atoms with Crippen LogP contribution in [0.1, 0.15) is 137 Å². The molecule has 3 nitrogen and oxygen atoms in total. The van der Waals surface area contributed by atoms with Gasteiger partial charge in [0.1, 0.15) is 0 Å². The SMILES string of the molecule is [2H]c1c([2H])c([2H])c2c(c1[2H])c1cc(C(C)(C)C)ccc1n2-c1cc2c3c(c1)N(c1c(-c4ccc([Si](C)(C)C)cc4)cccc1-c1ccc([Si](C)(C)C)cc1)c1ccc(-c4cc(C(C)(C)C)cc(C(C)(C)C)c4)cc1B3c1cc(-c3cc(C(C)(C)C)cc(C(C)(C)C)c3)ccc1N2c1c(-c2ccc([Si](C)(C)C)cc2)cccc1-c1ccc([Si](C)(C)C)cc1. The van der Waals surface area contributed by atoms with E-state index in [1.54, 1.807) is 0 Å². The highest BCUT2D eigenvalue weighted by Crippen LogP contribution is 2.55. The van der Waals surface area contributed by atoms with Gasteiger partial charge in [-0.3, -0.25) is 0 Å². The molecule has 3 heterocycles. The summed E-state index contributed by atoms with van der Waals surface area (Å²) in [6, 6.07) is 92.5. The topological polar surface area (TPSA) is 11.4 Å². The zero-order chi connectivity index (χ0) is 87.9. The highest BCUT2D eigenvalue weighted by molar-refractivity contribution is 7.00. The maximum Gasteiger partial charge on any atom is 0.252 e. The minimum absolute atomic E-state index is 0.0593. The fourth-order valence-electron chi connectivity index (χ4n) is 17.8. The first-order valence-corrected chi connectivity index (χ1v) is 57.0. The van der Waals surface area contributed by atoms with Crippen LogP contribution in [0.2, 0.25) is 78.6 Å². The van der Waals surface area contributed by atoms with Gasteiger partial charge in [-0.25, -0.2) is 0 Å². The van der Waals surface area contributed by atoms with Gasteiger partial charge in [0.05, 0.1) is 65.9 Å². The maximum atomic E-state index is 10.5. The maximum absolute atomic E-state index is 10.5. The average Bonchev–Trinajstić information content (AvgIpc) is 0.929. The van der Waals surface area contributed by atoms with Gasteiger partial charge in [-0.2, -0.15) is 0 Å². The van der Waals surface area contributed by atoms with E-state index < -0.39 is 39.0 Å². The summed E-state index contributed by atoms with van der Waals surface area (Å²) in [5, 5.41) is 6.83. The molecule has 8 heteroatoms. The van der Waals surface area contributed by atoms with E-state index in [1.165, 1.54) is 65.1 Å². The molecule has 1 aromatic heterocycles. The van der Waals surface area contributed by atoms with E-state index in [-0.39, 0.29) is 51.2 Å². The number of hydrogen-bond acceptors (Lipinski definition) is 2. The fourth-order valence-corrected chi connectivity index (χ4v) is 22.5. The van der Waals surface area contributed by atoms with Crippen molar-refractivity contribution in [1.82, 2.24) is 4.57 Å². The fraction of sp³-hybridized carbons (Fsp3) is 0.291. The highest BCUT2D eigenvalue weighted by atomic mass is 28.3. The first-order chi connectivity index (χ1) is 56.8. The van der Waals surface area contributed by atoms with Crippen molar-refractivity contribution in [2.75, 3.05) is 9.80 Å². The summed E-state index contributed by atoms with van der Waals surface area (Å²) in [6.07, 6.45) is 0. The molecule has 0 radical (unpaired) electrons. The van der Waals surface area contributed by atoms with Crippen LogP contribution < -0.4 is 46.9 Å². The number of aromatic nitrogens is 1. The Kier molecular flexibility index (Phi) is 18.9. The molecule has 0 atom stereocenters. The number of nitrogens with zero attached hydrogens (tertiary/aromatic N) is 3. The molecule has 2 aliphatic rings. The third-order valence-corrected chi connectivity index (χ3v) is 33.6. The minimum Gasteiger partial charge on any atom is -0.310 e. The van der Waals surface area contributed by atoms with Crippen molar-refractivity contribution in [1.29, 1.82) is 0 Å². The summed E-state index contributed by atoms with van der Waals surface area (Å²) in [6.45, 7) is 63.6. The van der Waals surface area contributed by atoms with Gasteiger partial charge in [-0.05, 0) is 158 Å². The third kappa shape index (κ3) is 15.2. The lowest BCUT2D eigenvalue weighted by atomic mass is 9.33. The summed E-state index contributed by atoms with van der Waals surface area (Å²) in [5.74, 6) is 0. The van der Waals surface area contributed by atoms with Gasteiger partial charge in [-0.1, -0.05) is 421 Å². The average molecular weight is 1620 g/mol. The molecule has 14 aromatic rings. The zero-order valence-corrected chi connectivity index (χ0v) is 79.4. The summed E-state index contributed by atoms with van der Waals surface area (Å²) >= 11 is 0. The minimum atomic E-state index is -1.80. The number of anilines is 6. The molecule has 0 amide bonds. The highest BCUT2D eigenvalue weighted by Gasteiger charge is 2.47. The normalized spacial score (nSPS) is 14.1. The molecule has 2 aliphatic heterocycles. The molecule has 0 N–H and O–H groups in total. The summed E-state index contributed by atoms with van der Waals surface area (Å²) in [7, 11) is -7.19. The van der Waals surface area contributed by atoms with Crippen LogP contribution in [0.3, 0.4) is 0 Å². The van der Waals surface area contributed by atoms with E-state index in [0.29, 0.717) is 10.9 Å². The van der Waals surface area contributed by atoms with E-state index in [4.69, 9.17) is 0 Å². The molecule has 0 spiro atoms. The quantitative estimate of drug-likeness (QED) is 0.107. The smallest absolute Gasteiger partial charge is 0.252 e. The number of fused-ring (bicyclic) bond motifs is 7. The monoisotopic (exact) mass is 1610 g/mol. The van der Waals surface area contributed by atoms with Crippen molar-refractivity contribution >= 4 is 132 Å². The molecular formula is C110H124BN3Si4. The summed E-state index contributed by atoms with van der Waals surface area (Å²) in [5.41, 5.74) is 30.2. The number of rotatable bonds is 13. The lowest BCUT2D eigenvalue weighted by Crippen LogP contribution is -2.61. The van der Waals surface area contributed by atoms with Gasteiger partial charge in [0.2, 0.25) is 0 Å². The molecule has 598 valence electrons.